The minimum Gasteiger partial charge on any atom is -0.744 e. The Balaban J connectivity index is 0. The Labute approximate surface area is 155 Å². The molecule has 1 rings (SSSR count). The van der Waals surface area contributed by atoms with E-state index in [9.17, 15) is 25.9 Å². The van der Waals surface area contributed by atoms with Crippen LogP contribution in [0.1, 0.15) is 5.56 Å². The van der Waals surface area contributed by atoms with Crippen molar-refractivity contribution >= 4 is 20.2 Å². The normalized spacial score (nSPS) is 11.2. The molecule has 0 unspecified atom stereocenters. The molecule has 0 aromatic heterocycles. The summed E-state index contributed by atoms with van der Waals surface area (Å²) in [6.45, 7) is 1.21. The molecule has 0 amide bonds. The quantitative estimate of drug-likeness (QED) is 0.400. The molecule has 0 saturated heterocycles. The van der Waals surface area contributed by atoms with Crippen molar-refractivity contribution in [2.45, 2.75) is 16.7 Å². The number of hydrogen-bond acceptors (Lipinski definition) is 7. The van der Waals surface area contributed by atoms with Crippen molar-refractivity contribution in [3.63, 3.8) is 0 Å². The Kier molecular flexibility index (Phi) is 9.01. The summed E-state index contributed by atoms with van der Waals surface area (Å²) < 4.78 is 69.7. The molecule has 0 atom stereocenters. The molecule has 1 aromatic rings. The summed E-state index contributed by atoms with van der Waals surface area (Å²) in [5, 5.41) is 0. The second-order valence-electron chi connectivity index (χ2n) is 3.18. The number of benzene rings is 1. The van der Waals surface area contributed by atoms with Gasteiger partial charge < -0.3 is 13.8 Å². The molecule has 1 aromatic carbocycles. The second kappa shape index (κ2) is 7.74. The van der Waals surface area contributed by atoms with Crippen molar-refractivity contribution in [3.8, 4) is 5.75 Å². The average molecular weight is 326 g/mol. The van der Waals surface area contributed by atoms with Gasteiger partial charge in [-0.25, -0.2) is 16.8 Å². The Hall–Kier alpha value is 0.840. The Morgan fingerprint density at radius 3 is 1.68 bits per heavy atom. The monoisotopic (exact) mass is 326 g/mol. The van der Waals surface area contributed by atoms with E-state index in [1.807, 2.05) is 0 Å². The van der Waals surface area contributed by atoms with Crippen LogP contribution in [0.4, 0.5) is 0 Å². The fraction of sp³-hybridized carbons (Fsp3) is 0.250. The van der Waals surface area contributed by atoms with Crippen molar-refractivity contribution in [1.82, 2.24) is 0 Å². The molecule has 7 nitrogen and oxygen atoms in total. The van der Waals surface area contributed by atoms with E-state index in [0.717, 1.165) is 19.2 Å². The zero-order valence-corrected chi connectivity index (χ0v) is 16.5. The largest absolute Gasteiger partial charge is 1.00 e. The molecule has 0 aliphatic carbocycles. The maximum Gasteiger partial charge on any atom is 1.00 e. The van der Waals surface area contributed by atoms with E-state index in [4.69, 9.17) is 0 Å². The molecule has 96 valence electrons. The third-order valence-electron chi connectivity index (χ3n) is 2.00. The van der Waals surface area contributed by atoms with Crippen LogP contribution in [0.15, 0.2) is 21.9 Å². The van der Waals surface area contributed by atoms with Gasteiger partial charge in [0.05, 0.1) is 16.9 Å². The Morgan fingerprint density at radius 1 is 0.947 bits per heavy atom. The van der Waals surface area contributed by atoms with E-state index in [-0.39, 0.29) is 64.7 Å². The number of methoxy groups -OCH3 is 1. The van der Waals surface area contributed by atoms with Gasteiger partial charge in [0.1, 0.15) is 26.0 Å². The van der Waals surface area contributed by atoms with Crippen molar-refractivity contribution < 1.29 is 89.8 Å². The molecule has 0 radical (unpaired) electrons. The van der Waals surface area contributed by atoms with E-state index >= 15 is 0 Å². The van der Waals surface area contributed by atoms with E-state index in [1.165, 1.54) is 6.92 Å². The van der Waals surface area contributed by atoms with E-state index in [0.29, 0.717) is 0 Å². The van der Waals surface area contributed by atoms with E-state index in [1.54, 1.807) is 0 Å². The third-order valence-corrected chi connectivity index (χ3v) is 3.84. The smallest absolute Gasteiger partial charge is 0.744 e. The summed E-state index contributed by atoms with van der Waals surface area (Å²) in [6, 6.07) is 1.52. The van der Waals surface area contributed by atoms with Crippen LogP contribution in [0.5, 0.6) is 5.75 Å². The topological polar surface area (TPSA) is 124 Å². The second-order valence-corrected chi connectivity index (χ2v) is 5.87. The van der Waals surface area contributed by atoms with E-state index < -0.39 is 35.8 Å². The van der Waals surface area contributed by atoms with Crippen molar-refractivity contribution in [3.05, 3.63) is 17.7 Å². The van der Waals surface area contributed by atoms with Crippen LogP contribution in [-0.2, 0) is 20.2 Å². The zero-order chi connectivity index (χ0) is 13.4. The first-order valence-electron chi connectivity index (χ1n) is 4.18. The molecular weight excluding hydrogens is 318 g/mol. The minimum absolute atomic E-state index is 0. The molecule has 0 heterocycles. The van der Waals surface area contributed by atoms with Gasteiger partial charge in [0, 0.05) is 0 Å². The Bertz CT molecular complexity index is 652. The van der Waals surface area contributed by atoms with Gasteiger partial charge in [-0.05, 0) is 24.6 Å². The van der Waals surface area contributed by atoms with Crippen molar-refractivity contribution in [1.29, 1.82) is 0 Å². The van der Waals surface area contributed by atoms with Gasteiger partial charge in [-0.3, -0.25) is 0 Å². The van der Waals surface area contributed by atoms with Gasteiger partial charge >= 0.3 is 59.1 Å². The van der Waals surface area contributed by atoms with Crippen LogP contribution in [0.2, 0.25) is 0 Å². The summed E-state index contributed by atoms with van der Waals surface area (Å²) in [4.78, 5) is -1.33. The van der Waals surface area contributed by atoms with Gasteiger partial charge in [-0.15, -0.1) is 0 Å². The molecule has 0 saturated carbocycles. The number of ether oxygens (including phenoxy) is 1. The van der Waals surface area contributed by atoms with Crippen molar-refractivity contribution in [2.24, 2.45) is 0 Å². The van der Waals surface area contributed by atoms with Crippen LogP contribution >= 0.6 is 0 Å². The minimum atomic E-state index is -4.80. The van der Waals surface area contributed by atoms with Gasteiger partial charge in [0.2, 0.25) is 0 Å². The molecule has 0 fully saturated rings. The predicted octanol–water partition coefficient (Wildman–Crippen LogP) is -6.18. The number of aryl methyl sites for hydroxylation is 1. The molecule has 19 heavy (non-hydrogen) atoms. The molecule has 0 aliphatic rings. The summed E-state index contributed by atoms with van der Waals surface area (Å²) in [5.74, 6) is -0.472. The molecule has 11 heteroatoms. The van der Waals surface area contributed by atoms with Crippen LogP contribution in [0.3, 0.4) is 0 Å². The van der Waals surface area contributed by atoms with Crippen molar-refractivity contribution in [2.75, 3.05) is 7.11 Å². The number of hydrogen-bond donors (Lipinski definition) is 0. The molecule has 0 spiro atoms. The summed E-state index contributed by atoms with van der Waals surface area (Å²) in [5.41, 5.74) is -0.129. The van der Waals surface area contributed by atoms with Crippen LogP contribution < -0.4 is 63.9 Å². The van der Waals surface area contributed by atoms with Crippen LogP contribution in [-0.4, -0.2) is 33.1 Å². The van der Waals surface area contributed by atoms with Crippen LogP contribution in [0.25, 0.3) is 0 Å². The Morgan fingerprint density at radius 2 is 1.37 bits per heavy atom. The molecule has 0 bridgehead atoms. The summed E-state index contributed by atoms with van der Waals surface area (Å²) in [6.07, 6.45) is 0. The fourth-order valence-electron chi connectivity index (χ4n) is 1.27. The molecule has 0 N–H and O–H groups in total. The molecular formula is C8H8Na2O7S2. The third kappa shape index (κ3) is 5.62. The van der Waals surface area contributed by atoms with E-state index in [2.05, 4.69) is 4.74 Å². The SMILES string of the molecule is COc1cc(S(=O)(=O)[O-])c(C)cc1S(=O)(=O)[O-].[Na+].[Na+]. The number of rotatable bonds is 3. The van der Waals surface area contributed by atoms with Gasteiger partial charge in [-0.1, -0.05) is 0 Å². The average Bonchev–Trinajstić information content (AvgIpc) is 2.14. The van der Waals surface area contributed by atoms with Gasteiger partial charge in [-0.2, -0.15) is 0 Å². The first kappa shape index (κ1) is 22.1. The van der Waals surface area contributed by atoms with Gasteiger partial charge in [0.15, 0.2) is 0 Å². The summed E-state index contributed by atoms with van der Waals surface area (Å²) in [7, 11) is -8.50. The first-order chi connectivity index (χ1) is 7.57. The maximum absolute atomic E-state index is 10.9. The maximum atomic E-state index is 10.9. The molecule has 0 aliphatic heterocycles. The van der Waals surface area contributed by atoms with Crippen LogP contribution in [0, 0.1) is 6.92 Å². The zero-order valence-electron chi connectivity index (χ0n) is 10.8. The first-order valence-corrected chi connectivity index (χ1v) is 6.99. The standard InChI is InChI=1S/C8H10O7S2.2Na/c1-5-3-8(17(12,13)14)6(15-2)4-7(5)16(9,10)11;;/h3-4H,1-2H3,(H,9,10,11)(H,12,13,14);;/q;2*+1/p-2. The fourth-order valence-corrected chi connectivity index (χ4v) is 2.68. The predicted molar refractivity (Wildman–Crippen MR) is 53.7 cm³/mol. The van der Waals surface area contributed by atoms with Gasteiger partial charge in [0.25, 0.3) is 0 Å². The summed E-state index contributed by atoms with van der Waals surface area (Å²) >= 11 is 0.